The molecule has 2 nitrogen and oxygen atoms in total. The van der Waals surface area contributed by atoms with Crippen LogP contribution in [0.5, 0.6) is 0 Å². The topological polar surface area (TPSA) is 38.9 Å². The first-order chi connectivity index (χ1) is 7.28. The number of nitrogens with zero attached hydrogens (tertiary/aromatic N) is 1. The first-order valence-corrected chi connectivity index (χ1v) is 5.85. The van der Waals surface area contributed by atoms with E-state index in [0.717, 1.165) is 15.6 Å². The molecule has 1 heterocycles. The van der Waals surface area contributed by atoms with Gasteiger partial charge in [0.15, 0.2) is 0 Å². The van der Waals surface area contributed by atoms with E-state index in [2.05, 4.69) is 4.98 Å². The Bertz CT molecular complexity index is 327. The van der Waals surface area contributed by atoms with Crippen LogP contribution in [0.2, 0.25) is 0 Å². The largest absolute Gasteiger partial charge is 0.389 e. The molecule has 1 atom stereocenters. The second-order valence-corrected chi connectivity index (χ2v) is 5.16. The van der Waals surface area contributed by atoms with Gasteiger partial charge in [-0.2, -0.15) is 13.2 Å². The third kappa shape index (κ3) is 4.49. The highest BCUT2D eigenvalue weighted by Gasteiger charge is 2.27. The fraction of sp³-hybridized carbons (Fsp3) is 0.700. The molecular formula is C10H15F3N2S. The molecule has 0 aliphatic heterocycles. The molecule has 0 aliphatic carbocycles. The van der Waals surface area contributed by atoms with Crippen molar-refractivity contribution in [3.63, 3.8) is 0 Å². The van der Waals surface area contributed by atoms with E-state index in [1.165, 1.54) is 11.3 Å². The van der Waals surface area contributed by atoms with E-state index < -0.39 is 18.6 Å². The molecule has 0 spiro atoms. The third-order valence-electron chi connectivity index (χ3n) is 2.31. The lowest BCUT2D eigenvalue weighted by Gasteiger charge is -2.11. The summed E-state index contributed by atoms with van der Waals surface area (Å²) in [5, 5.41) is 0.824. The first kappa shape index (κ1) is 13.4. The van der Waals surface area contributed by atoms with Crippen LogP contribution in [0.3, 0.4) is 0 Å². The Balaban J connectivity index is 2.42. The Hall–Kier alpha value is -0.620. The highest BCUT2D eigenvalue weighted by molar-refractivity contribution is 7.11. The average molecular weight is 252 g/mol. The zero-order valence-corrected chi connectivity index (χ0v) is 10.1. The van der Waals surface area contributed by atoms with Crippen molar-refractivity contribution in [2.75, 3.05) is 0 Å². The molecule has 1 unspecified atom stereocenters. The maximum absolute atomic E-state index is 12.0. The molecule has 0 amide bonds. The van der Waals surface area contributed by atoms with Crippen LogP contribution in [-0.4, -0.2) is 17.2 Å². The Labute approximate surface area is 96.7 Å². The SMILES string of the molecule is Cc1nc(CC(N)CCC(F)(F)F)sc1C. The first-order valence-electron chi connectivity index (χ1n) is 5.03. The molecular weight excluding hydrogens is 237 g/mol. The summed E-state index contributed by atoms with van der Waals surface area (Å²) in [7, 11) is 0. The number of thiazole rings is 1. The van der Waals surface area contributed by atoms with Gasteiger partial charge in [0, 0.05) is 23.8 Å². The van der Waals surface area contributed by atoms with Crippen LogP contribution in [0, 0.1) is 13.8 Å². The number of halogens is 3. The van der Waals surface area contributed by atoms with E-state index in [4.69, 9.17) is 5.73 Å². The maximum atomic E-state index is 12.0. The number of hydrogen-bond donors (Lipinski definition) is 1. The van der Waals surface area contributed by atoms with Crippen molar-refractivity contribution in [1.82, 2.24) is 4.98 Å². The summed E-state index contributed by atoms with van der Waals surface area (Å²) < 4.78 is 35.9. The van der Waals surface area contributed by atoms with Gasteiger partial charge in [-0.1, -0.05) is 0 Å². The lowest BCUT2D eigenvalue weighted by Crippen LogP contribution is -2.25. The second-order valence-electron chi connectivity index (χ2n) is 3.87. The summed E-state index contributed by atoms with van der Waals surface area (Å²) in [6.07, 6.45) is -4.56. The zero-order valence-electron chi connectivity index (χ0n) is 9.27. The molecule has 1 aromatic heterocycles. The molecule has 0 radical (unpaired) electrons. The van der Waals surface area contributed by atoms with Crippen LogP contribution < -0.4 is 5.73 Å². The highest BCUT2D eigenvalue weighted by atomic mass is 32.1. The minimum absolute atomic E-state index is 0.0405. The van der Waals surface area contributed by atoms with Gasteiger partial charge in [-0.15, -0.1) is 11.3 Å². The third-order valence-corrected chi connectivity index (χ3v) is 3.40. The molecule has 1 rings (SSSR count). The molecule has 0 fully saturated rings. The van der Waals surface area contributed by atoms with Crippen molar-refractivity contribution < 1.29 is 13.2 Å². The Morgan fingerprint density at radius 3 is 2.44 bits per heavy atom. The summed E-state index contributed by atoms with van der Waals surface area (Å²) in [6, 6.07) is -0.466. The molecule has 0 aliphatic rings. The number of aromatic nitrogens is 1. The van der Waals surface area contributed by atoms with E-state index in [0.29, 0.717) is 6.42 Å². The molecule has 2 N–H and O–H groups in total. The predicted octanol–water partition coefficient (Wildman–Crippen LogP) is 2.97. The number of nitrogens with two attached hydrogens (primary N) is 1. The van der Waals surface area contributed by atoms with Gasteiger partial charge in [0.2, 0.25) is 0 Å². The molecule has 0 bridgehead atoms. The molecule has 0 aromatic carbocycles. The van der Waals surface area contributed by atoms with Crippen molar-refractivity contribution >= 4 is 11.3 Å². The molecule has 0 saturated heterocycles. The van der Waals surface area contributed by atoms with Crippen molar-refractivity contribution in [2.24, 2.45) is 5.73 Å². The molecule has 0 saturated carbocycles. The van der Waals surface area contributed by atoms with E-state index in [1.807, 2.05) is 13.8 Å². The van der Waals surface area contributed by atoms with Gasteiger partial charge in [0.05, 0.1) is 10.7 Å². The van der Waals surface area contributed by atoms with Crippen LogP contribution in [0.15, 0.2) is 0 Å². The fourth-order valence-electron chi connectivity index (χ4n) is 1.30. The van der Waals surface area contributed by atoms with Crippen LogP contribution >= 0.6 is 11.3 Å². The van der Waals surface area contributed by atoms with Gasteiger partial charge in [0.1, 0.15) is 0 Å². The number of alkyl halides is 3. The Morgan fingerprint density at radius 2 is 2.00 bits per heavy atom. The van der Waals surface area contributed by atoms with Gasteiger partial charge >= 0.3 is 6.18 Å². The van der Waals surface area contributed by atoms with Gasteiger partial charge in [0.25, 0.3) is 0 Å². The maximum Gasteiger partial charge on any atom is 0.389 e. The highest BCUT2D eigenvalue weighted by Crippen LogP contribution is 2.23. The van der Waals surface area contributed by atoms with Crippen molar-refractivity contribution in [1.29, 1.82) is 0 Å². The summed E-state index contributed by atoms with van der Waals surface area (Å²) in [5.41, 5.74) is 6.57. The fourth-order valence-corrected chi connectivity index (χ4v) is 2.33. The van der Waals surface area contributed by atoms with Gasteiger partial charge in [-0.3, -0.25) is 0 Å². The number of aryl methyl sites for hydroxylation is 2. The lowest BCUT2D eigenvalue weighted by molar-refractivity contribution is -0.136. The lowest BCUT2D eigenvalue weighted by atomic mass is 10.1. The van der Waals surface area contributed by atoms with Gasteiger partial charge in [-0.05, 0) is 20.3 Å². The normalized spacial score (nSPS) is 14.1. The minimum atomic E-state index is -4.12. The van der Waals surface area contributed by atoms with E-state index in [9.17, 15) is 13.2 Å². The van der Waals surface area contributed by atoms with Gasteiger partial charge in [-0.25, -0.2) is 4.98 Å². The van der Waals surface area contributed by atoms with Crippen LogP contribution in [0.4, 0.5) is 13.2 Å². The van der Waals surface area contributed by atoms with E-state index in [1.54, 1.807) is 0 Å². The molecule has 16 heavy (non-hydrogen) atoms. The summed E-state index contributed by atoms with van der Waals surface area (Å²) in [4.78, 5) is 5.35. The molecule has 6 heteroatoms. The van der Waals surface area contributed by atoms with Crippen molar-refractivity contribution in [3.05, 3.63) is 15.6 Å². The predicted molar refractivity (Wildman–Crippen MR) is 58.6 cm³/mol. The Kier molecular flexibility index (Phi) is 4.32. The van der Waals surface area contributed by atoms with Crippen LogP contribution in [0.25, 0.3) is 0 Å². The second kappa shape index (κ2) is 5.14. The van der Waals surface area contributed by atoms with E-state index in [-0.39, 0.29) is 6.42 Å². The molecule has 92 valence electrons. The Morgan fingerprint density at radius 1 is 1.38 bits per heavy atom. The van der Waals surface area contributed by atoms with Crippen LogP contribution in [-0.2, 0) is 6.42 Å². The summed E-state index contributed by atoms with van der Waals surface area (Å²) >= 11 is 1.50. The van der Waals surface area contributed by atoms with Crippen molar-refractivity contribution in [2.45, 2.75) is 45.3 Å². The molecule has 1 aromatic rings. The van der Waals surface area contributed by atoms with E-state index >= 15 is 0 Å². The average Bonchev–Trinajstić information content (AvgIpc) is 2.41. The van der Waals surface area contributed by atoms with Crippen molar-refractivity contribution in [3.8, 4) is 0 Å². The van der Waals surface area contributed by atoms with Crippen LogP contribution in [0.1, 0.15) is 28.4 Å². The summed E-state index contributed by atoms with van der Waals surface area (Å²) in [5.74, 6) is 0. The number of hydrogen-bond acceptors (Lipinski definition) is 3. The summed E-state index contributed by atoms with van der Waals surface area (Å²) in [6.45, 7) is 3.83. The zero-order chi connectivity index (χ0) is 12.3. The quantitative estimate of drug-likeness (QED) is 0.894. The number of rotatable bonds is 4. The minimum Gasteiger partial charge on any atom is -0.327 e. The van der Waals surface area contributed by atoms with Gasteiger partial charge < -0.3 is 5.73 Å². The standard InChI is InChI=1S/C10H15F3N2S/c1-6-7(2)16-9(15-6)5-8(14)3-4-10(11,12)13/h8H,3-5,14H2,1-2H3. The monoisotopic (exact) mass is 252 g/mol. The smallest absolute Gasteiger partial charge is 0.327 e.